The van der Waals surface area contributed by atoms with E-state index in [9.17, 15) is 9.18 Å². The van der Waals surface area contributed by atoms with Gasteiger partial charge in [0.1, 0.15) is 12.1 Å². The smallest absolute Gasteiger partial charge is 0.133 e. The van der Waals surface area contributed by atoms with Gasteiger partial charge in [0.2, 0.25) is 0 Å². The van der Waals surface area contributed by atoms with Crippen LogP contribution in [0.1, 0.15) is 33.1 Å². The fraction of sp³-hybridized carbons (Fsp3) is 0.632. The average molecular weight is 358 g/mol. The number of halogens is 1. The maximum atomic E-state index is 12.3. The van der Waals surface area contributed by atoms with Crippen molar-refractivity contribution in [1.29, 1.82) is 0 Å². The first-order chi connectivity index (χ1) is 12.1. The largest absolute Gasteiger partial charge is 0.400 e. The highest BCUT2D eigenvalue weighted by molar-refractivity contribution is 5.51. The van der Waals surface area contributed by atoms with Crippen molar-refractivity contribution in [3.05, 3.63) is 30.1 Å². The number of nitrogens with one attached hydrogen (secondary N) is 1. The molecule has 146 valence electrons. The van der Waals surface area contributed by atoms with E-state index in [1.54, 1.807) is 20.2 Å². The molecule has 1 atom stereocenters. The van der Waals surface area contributed by atoms with E-state index in [1.807, 2.05) is 6.07 Å². The molecular weight excluding hydrogens is 323 g/mol. The van der Waals surface area contributed by atoms with Gasteiger partial charge in [-0.3, -0.25) is 4.90 Å². The number of aliphatic hydroxyl groups excluding tert-OH is 1. The Morgan fingerprint density at radius 1 is 1.40 bits per heavy atom. The van der Waals surface area contributed by atoms with Gasteiger partial charge in [-0.25, -0.2) is 4.39 Å². The first-order valence-corrected chi connectivity index (χ1v) is 8.67. The minimum atomic E-state index is -0.207. The number of nitrogens with zero attached hydrogens (tertiary/aromatic N) is 1. The van der Waals surface area contributed by atoms with E-state index in [2.05, 4.69) is 24.1 Å². The molecule has 0 saturated carbocycles. The van der Waals surface area contributed by atoms with Crippen LogP contribution in [0.5, 0.6) is 0 Å². The predicted molar refractivity (Wildman–Crippen MR) is 103 cm³/mol. The van der Waals surface area contributed by atoms with E-state index in [4.69, 9.17) is 9.84 Å². The number of methoxy groups -OCH3 is 1. The van der Waals surface area contributed by atoms with Gasteiger partial charge < -0.3 is 20.0 Å². The van der Waals surface area contributed by atoms with E-state index in [1.165, 1.54) is 18.6 Å². The van der Waals surface area contributed by atoms with E-state index in [-0.39, 0.29) is 5.82 Å². The summed E-state index contributed by atoms with van der Waals surface area (Å²) in [6, 6.07) is 6.34. The third-order valence-electron chi connectivity index (χ3n) is 3.24. The number of hydrogen-bond acceptors (Lipinski definition) is 5. The van der Waals surface area contributed by atoms with Crippen molar-refractivity contribution in [2.45, 2.75) is 39.2 Å². The van der Waals surface area contributed by atoms with Crippen molar-refractivity contribution in [2.24, 2.45) is 0 Å². The highest BCUT2D eigenvalue weighted by Crippen LogP contribution is 2.11. The quantitative estimate of drug-likeness (QED) is 0.810. The summed E-state index contributed by atoms with van der Waals surface area (Å²) in [5.74, 6) is -0.207. The van der Waals surface area contributed by atoms with Crippen LogP contribution in [-0.2, 0) is 9.53 Å². The minimum Gasteiger partial charge on any atom is -0.400 e. The fourth-order valence-electron chi connectivity index (χ4n) is 2.12. The molecule has 1 heterocycles. The summed E-state index contributed by atoms with van der Waals surface area (Å²) < 4.78 is 17.5. The zero-order valence-corrected chi connectivity index (χ0v) is 16.3. The number of rotatable bonds is 4. The molecule has 25 heavy (non-hydrogen) atoms. The molecule has 5 nitrogen and oxygen atoms in total. The molecule has 2 rings (SSSR count). The number of carbonyl (C=O) groups is 1. The van der Waals surface area contributed by atoms with E-state index in [0.29, 0.717) is 12.6 Å². The molecule has 1 aromatic rings. The average Bonchev–Trinajstić information content (AvgIpc) is 2.65. The number of aliphatic hydroxyl groups is 1. The van der Waals surface area contributed by atoms with E-state index >= 15 is 0 Å². The number of carbonyl (C=O) groups excluding carboxylic acids is 1. The maximum Gasteiger partial charge on any atom is 0.133 e. The lowest BCUT2D eigenvalue weighted by atomic mass is 10.1. The molecule has 1 fully saturated rings. The van der Waals surface area contributed by atoms with Gasteiger partial charge in [0, 0.05) is 33.5 Å². The Morgan fingerprint density at radius 3 is 2.48 bits per heavy atom. The second-order valence-electron chi connectivity index (χ2n) is 5.39. The number of hydrogen-bond donors (Lipinski definition) is 2. The molecule has 1 aromatic carbocycles. The Hall–Kier alpha value is -1.50. The summed E-state index contributed by atoms with van der Waals surface area (Å²) in [6.07, 6.45) is 4.82. The normalized spacial score (nSPS) is 16.0. The number of aldehydes is 1. The zero-order chi connectivity index (χ0) is 19.5. The third kappa shape index (κ3) is 14.5. The maximum absolute atomic E-state index is 12.3. The number of benzene rings is 1. The Balaban J connectivity index is 0. The van der Waals surface area contributed by atoms with Gasteiger partial charge in [-0.05, 0) is 37.6 Å². The number of ether oxygens (including phenoxy) is 1. The van der Waals surface area contributed by atoms with Crippen LogP contribution < -0.4 is 5.32 Å². The van der Waals surface area contributed by atoms with Gasteiger partial charge in [0.25, 0.3) is 0 Å². The van der Waals surface area contributed by atoms with Crippen molar-refractivity contribution in [3.63, 3.8) is 0 Å². The van der Waals surface area contributed by atoms with Crippen LogP contribution in [-0.4, -0.2) is 63.3 Å². The van der Waals surface area contributed by atoms with E-state index < -0.39 is 0 Å². The molecule has 0 aliphatic carbocycles. The molecule has 0 amide bonds. The fourth-order valence-corrected chi connectivity index (χ4v) is 2.12. The molecule has 0 spiro atoms. The summed E-state index contributed by atoms with van der Waals surface area (Å²) in [7, 11) is 4.49. The molecule has 1 unspecified atom stereocenters. The van der Waals surface area contributed by atoms with Crippen molar-refractivity contribution < 1.29 is 19.0 Å². The van der Waals surface area contributed by atoms with Crippen molar-refractivity contribution in [1.82, 2.24) is 4.90 Å². The molecule has 6 heteroatoms. The van der Waals surface area contributed by atoms with Gasteiger partial charge in [-0.1, -0.05) is 26.3 Å². The summed E-state index contributed by atoms with van der Waals surface area (Å²) in [6.45, 7) is 6.76. The van der Waals surface area contributed by atoms with Crippen molar-refractivity contribution in [2.75, 3.05) is 46.2 Å². The highest BCUT2D eigenvalue weighted by Gasteiger charge is 2.18. The van der Waals surface area contributed by atoms with Crippen LogP contribution in [0.3, 0.4) is 0 Å². The standard InChI is InChI=1S/C8H15NO2.C7H8FN.C3H8.CH4O/c1-11-8-3-2-4-9(7-8)5-6-10;1-9-7-4-2-3-6(8)5-7;1-3-2;1-2/h6,8H,2-5,7H2,1H3;2-5,9H,1H3;3H2,1-2H3;2H,1H3. The molecule has 0 aromatic heterocycles. The Labute approximate surface area is 152 Å². The van der Waals surface area contributed by atoms with Crippen LogP contribution in [0.2, 0.25) is 0 Å². The lowest BCUT2D eigenvalue weighted by Crippen LogP contribution is -2.39. The van der Waals surface area contributed by atoms with Crippen LogP contribution in [0, 0.1) is 5.82 Å². The lowest BCUT2D eigenvalue weighted by Gasteiger charge is -2.30. The number of piperidine rings is 1. The van der Waals surface area contributed by atoms with Crippen LogP contribution in [0.4, 0.5) is 10.1 Å². The number of likely N-dealkylation sites (tertiary alicyclic amines) is 1. The second kappa shape index (κ2) is 18.8. The summed E-state index contributed by atoms with van der Waals surface area (Å²) in [5, 5.41) is 9.83. The molecular formula is C19H35FN2O3. The Kier molecular flexibility index (Phi) is 19.4. The number of anilines is 1. The van der Waals surface area contributed by atoms with Crippen molar-refractivity contribution >= 4 is 12.0 Å². The summed E-state index contributed by atoms with van der Waals surface area (Å²) >= 11 is 0. The van der Waals surface area contributed by atoms with Gasteiger partial charge in [0.15, 0.2) is 0 Å². The molecule has 1 aliphatic heterocycles. The van der Waals surface area contributed by atoms with Crippen LogP contribution in [0.25, 0.3) is 0 Å². The molecule has 0 bridgehead atoms. The first-order valence-electron chi connectivity index (χ1n) is 8.67. The van der Waals surface area contributed by atoms with Crippen molar-refractivity contribution in [3.8, 4) is 0 Å². The molecule has 1 aliphatic rings. The molecule has 2 N–H and O–H groups in total. The topological polar surface area (TPSA) is 61.8 Å². The summed E-state index contributed by atoms with van der Waals surface area (Å²) in [5.41, 5.74) is 0.801. The van der Waals surface area contributed by atoms with Gasteiger partial charge in [-0.15, -0.1) is 0 Å². The Bertz CT molecular complexity index is 419. The van der Waals surface area contributed by atoms with Gasteiger partial charge in [-0.2, -0.15) is 0 Å². The SMILES string of the molecule is CCC.CNc1cccc(F)c1.CO.COC1CCCN(CC=O)C1. The lowest BCUT2D eigenvalue weighted by molar-refractivity contribution is -0.109. The molecule has 1 saturated heterocycles. The monoisotopic (exact) mass is 358 g/mol. The summed E-state index contributed by atoms with van der Waals surface area (Å²) in [4.78, 5) is 12.3. The highest BCUT2D eigenvalue weighted by atomic mass is 19.1. The second-order valence-corrected chi connectivity index (χ2v) is 5.39. The predicted octanol–water partition coefficient (Wildman–Crippen LogP) is 3.19. The van der Waals surface area contributed by atoms with Crippen LogP contribution in [0.15, 0.2) is 24.3 Å². The van der Waals surface area contributed by atoms with Gasteiger partial charge >= 0.3 is 0 Å². The third-order valence-corrected chi connectivity index (χ3v) is 3.24. The Morgan fingerprint density at radius 2 is 2.04 bits per heavy atom. The first kappa shape index (κ1) is 25.7. The van der Waals surface area contributed by atoms with E-state index in [0.717, 1.165) is 45.0 Å². The molecule has 0 radical (unpaired) electrons. The van der Waals surface area contributed by atoms with Crippen LogP contribution >= 0.6 is 0 Å². The van der Waals surface area contributed by atoms with Gasteiger partial charge in [0.05, 0.1) is 12.6 Å². The zero-order valence-electron chi connectivity index (χ0n) is 16.3. The minimum absolute atomic E-state index is 0.207.